The van der Waals surface area contributed by atoms with Crippen molar-refractivity contribution in [1.29, 1.82) is 0 Å². The summed E-state index contributed by atoms with van der Waals surface area (Å²) in [5.41, 5.74) is 1.29. The zero-order valence-electron chi connectivity index (χ0n) is 8.73. The fourth-order valence-corrected chi connectivity index (χ4v) is 2.74. The molecule has 0 radical (unpaired) electrons. The number of rotatable bonds is 4. The van der Waals surface area contributed by atoms with Crippen LogP contribution in [-0.4, -0.2) is 21.6 Å². The molecule has 1 aliphatic heterocycles. The third kappa shape index (κ3) is 3.41. The molecule has 0 saturated carbocycles. The number of aromatic nitrogens is 1. The zero-order valence-corrected chi connectivity index (χ0v) is 10.9. The molecule has 0 unspecified atom stereocenters. The van der Waals surface area contributed by atoms with E-state index in [-0.39, 0.29) is 0 Å². The number of pyridine rings is 1. The van der Waals surface area contributed by atoms with E-state index in [4.69, 9.17) is 4.74 Å². The van der Waals surface area contributed by atoms with E-state index in [0.29, 0.717) is 12.2 Å². The average molecular weight is 317 g/mol. The number of hydrogen-bond donors (Lipinski definition) is 0. The van der Waals surface area contributed by atoms with Gasteiger partial charge in [0.05, 0.1) is 12.2 Å². The van der Waals surface area contributed by atoms with Gasteiger partial charge in [-0.3, -0.25) is 4.98 Å². The van der Waals surface area contributed by atoms with Crippen LogP contribution in [0.25, 0.3) is 0 Å². The zero-order chi connectivity index (χ0) is 10.5. The van der Waals surface area contributed by atoms with Gasteiger partial charge in [0.15, 0.2) is 0 Å². The summed E-state index contributed by atoms with van der Waals surface area (Å²) in [5.74, 6) is 0. The van der Waals surface area contributed by atoms with Gasteiger partial charge in [0, 0.05) is 23.2 Å². The minimum Gasteiger partial charge on any atom is -0.375 e. The van der Waals surface area contributed by atoms with Gasteiger partial charge in [-0.1, -0.05) is 28.7 Å². The summed E-state index contributed by atoms with van der Waals surface area (Å²) in [5, 5.41) is 0. The van der Waals surface area contributed by atoms with E-state index in [1.165, 1.54) is 29.3 Å². The molecule has 0 amide bonds. The smallest absolute Gasteiger partial charge is 0.0620 e. The summed E-state index contributed by atoms with van der Waals surface area (Å²) in [4.78, 5) is 4.13. The van der Waals surface area contributed by atoms with Gasteiger partial charge in [0.25, 0.3) is 0 Å². The highest BCUT2D eigenvalue weighted by Gasteiger charge is 2.24. The van der Waals surface area contributed by atoms with Crippen molar-refractivity contribution >= 4 is 22.6 Å². The highest BCUT2D eigenvalue weighted by atomic mass is 127. The number of ether oxygens (including phenoxy) is 1. The van der Waals surface area contributed by atoms with Gasteiger partial charge in [0.2, 0.25) is 0 Å². The Morgan fingerprint density at radius 3 is 3.00 bits per heavy atom. The molecule has 1 aromatic heterocycles. The van der Waals surface area contributed by atoms with Gasteiger partial charge in [-0.05, 0) is 30.9 Å². The molecule has 0 N–H and O–H groups in total. The number of alkyl halides is 1. The SMILES string of the molecule is ICC[C@H]1CC[C@H](Cc2cccnc2)O1. The van der Waals surface area contributed by atoms with Crippen LogP contribution < -0.4 is 0 Å². The first-order valence-electron chi connectivity index (χ1n) is 5.49. The number of hydrogen-bond acceptors (Lipinski definition) is 2. The maximum absolute atomic E-state index is 5.97. The van der Waals surface area contributed by atoms with Crippen molar-refractivity contribution in [3.63, 3.8) is 0 Å². The first-order valence-corrected chi connectivity index (χ1v) is 7.01. The van der Waals surface area contributed by atoms with Gasteiger partial charge >= 0.3 is 0 Å². The maximum atomic E-state index is 5.97. The van der Waals surface area contributed by atoms with E-state index in [1.54, 1.807) is 0 Å². The fraction of sp³-hybridized carbons (Fsp3) is 0.583. The first kappa shape index (κ1) is 11.3. The van der Waals surface area contributed by atoms with Gasteiger partial charge in [-0.25, -0.2) is 0 Å². The molecule has 3 heteroatoms. The van der Waals surface area contributed by atoms with Gasteiger partial charge < -0.3 is 4.74 Å². The van der Waals surface area contributed by atoms with Crippen LogP contribution in [0, 0.1) is 0 Å². The third-order valence-electron chi connectivity index (χ3n) is 2.81. The predicted octanol–water partition coefficient (Wildman–Crippen LogP) is 3.00. The van der Waals surface area contributed by atoms with Crippen molar-refractivity contribution in [2.75, 3.05) is 4.43 Å². The minimum absolute atomic E-state index is 0.419. The molecule has 15 heavy (non-hydrogen) atoms. The summed E-state index contributed by atoms with van der Waals surface area (Å²) >= 11 is 2.42. The predicted molar refractivity (Wildman–Crippen MR) is 69.3 cm³/mol. The van der Waals surface area contributed by atoms with Gasteiger partial charge in [-0.15, -0.1) is 0 Å². The molecule has 1 saturated heterocycles. The number of nitrogens with zero attached hydrogens (tertiary/aromatic N) is 1. The molecule has 1 fully saturated rings. The second-order valence-corrected chi connectivity index (χ2v) is 5.08. The molecular formula is C12H16INO. The van der Waals surface area contributed by atoms with Crippen molar-refractivity contribution in [2.45, 2.75) is 37.9 Å². The molecule has 1 aliphatic rings. The maximum Gasteiger partial charge on any atom is 0.0620 e. The average Bonchev–Trinajstić information content (AvgIpc) is 2.68. The van der Waals surface area contributed by atoms with Gasteiger partial charge in [-0.2, -0.15) is 0 Å². The highest BCUT2D eigenvalue weighted by molar-refractivity contribution is 14.1. The Bertz CT molecular complexity index is 291. The third-order valence-corrected chi connectivity index (χ3v) is 3.44. The lowest BCUT2D eigenvalue weighted by Crippen LogP contribution is -2.13. The Morgan fingerprint density at radius 2 is 2.27 bits per heavy atom. The molecule has 82 valence electrons. The molecule has 0 spiro atoms. The van der Waals surface area contributed by atoms with Crippen molar-refractivity contribution in [3.8, 4) is 0 Å². The molecule has 2 heterocycles. The summed E-state index contributed by atoms with van der Waals surface area (Å²) in [7, 11) is 0. The normalized spacial score (nSPS) is 25.7. The van der Waals surface area contributed by atoms with Crippen molar-refractivity contribution in [2.24, 2.45) is 0 Å². The van der Waals surface area contributed by atoms with Crippen LogP contribution in [0.2, 0.25) is 0 Å². The number of halogens is 1. The Balaban J connectivity index is 1.82. The molecular weight excluding hydrogens is 301 g/mol. The highest BCUT2D eigenvalue weighted by Crippen LogP contribution is 2.25. The van der Waals surface area contributed by atoms with Crippen molar-refractivity contribution in [1.82, 2.24) is 4.98 Å². The van der Waals surface area contributed by atoms with Crippen LogP contribution in [-0.2, 0) is 11.2 Å². The van der Waals surface area contributed by atoms with E-state index in [1.807, 2.05) is 18.5 Å². The van der Waals surface area contributed by atoms with Crippen LogP contribution in [0.3, 0.4) is 0 Å². The summed E-state index contributed by atoms with van der Waals surface area (Å²) < 4.78 is 7.17. The largest absolute Gasteiger partial charge is 0.375 e. The molecule has 0 aliphatic carbocycles. The Hall–Kier alpha value is -0.160. The van der Waals surface area contributed by atoms with Crippen molar-refractivity contribution < 1.29 is 4.74 Å². The standard InChI is InChI=1S/C12H16INO/c13-6-5-11-3-4-12(15-11)8-10-2-1-7-14-9-10/h1-2,7,9,11-12H,3-6,8H2/t11-,12-/m1/s1. The van der Waals surface area contributed by atoms with Crippen LogP contribution in [0.15, 0.2) is 24.5 Å². The van der Waals surface area contributed by atoms with E-state index in [0.717, 1.165) is 6.42 Å². The molecule has 2 nitrogen and oxygen atoms in total. The first-order chi connectivity index (χ1) is 7.38. The Kier molecular flexibility index (Phi) is 4.38. The van der Waals surface area contributed by atoms with Crippen LogP contribution in [0.4, 0.5) is 0 Å². The quantitative estimate of drug-likeness (QED) is 0.629. The lowest BCUT2D eigenvalue weighted by Gasteiger charge is -2.12. The van der Waals surface area contributed by atoms with E-state index in [2.05, 4.69) is 33.6 Å². The lowest BCUT2D eigenvalue weighted by atomic mass is 10.1. The van der Waals surface area contributed by atoms with Crippen molar-refractivity contribution in [3.05, 3.63) is 30.1 Å². The van der Waals surface area contributed by atoms with E-state index in [9.17, 15) is 0 Å². The molecule has 2 atom stereocenters. The van der Waals surface area contributed by atoms with Gasteiger partial charge in [0.1, 0.15) is 0 Å². The molecule has 0 aromatic carbocycles. The monoisotopic (exact) mass is 317 g/mol. The molecule has 2 rings (SSSR count). The Labute approximate surface area is 105 Å². The molecule has 1 aromatic rings. The van der Waals surface area contributed by atoms with Crippen LogP contribution in [0.1, 0.15) is 24.8 Å². The van der Waals surface area contributed by atoms with E-state index < -0.39 is 0 Å². The topological polar surface area (TPSA) is 22.1 Å². The lowest BCUT2D eigenvalue weighted by molar-refractivity contribution is 0.0448. The second kappa shape index (κ2) is 5.80. The molecule has 0 bridgehead atoms. The summed E-state index contributed by atoms with van der Waals surface area (Å²) in [6.07, 6.45) is 9.33. The van der Waals surface area contributed by atoms with Crippen LogP contribution >= 0.6 is 22.6 Å². The summed E-state index contributed by atoms with van der Waals surface area (Å²) in [6, 6.07) is 4.12. The Morgan fingerprint density at radius 1 is 1.40 bits per heavy atom. The van der Waals surface area contributed by atoms with Crippen LogP contribution in [0.5, 0.6) is 0 Å². The summed E-state index contributed by atoms with van der Waals surface area (Å²) in [6.45, 7) is 0. The van der Waals surface area contributed by atoms with E-state index >= 15 is 0 Å². The minimum atomic E-state index is 0.419. The fourth-order valence-electron chi connectivity index (χ4n) is 2.05. The second-order valence-electron chi connectivity index (χ2n) is 4.00.